The lowest BCUT2D eigenvalue weighted by molar-refractivity contribution is -0.137. The summed E-state index contributed by atoms with van der Waals surface area (Å²) in [5.41, 5.74) is 0.227. The summed E-state index contributed by atoms with van der Waals surface area (Å²) in [4.78, 5) is 10.4. The first kappa shape index (κ1) is 13.4. The molecule has 0 bridgehead atoms. The third-order valence-corrected chi connectivity index (χ3v) is 2.70. The van der Waals surface area contributed by atoms with Crippen LogP contribution in [-0.2, 0) is 11.3 Å². The van der Waals surface area contributed by atoms with E-state index in [4.69, 9.17) is 16.7 Å². The topological polar surface area (TPSA) is 80.9 Å². The summed E-state index contributed by atoms with van der Waals surface area (Å²) in [5, 5.41) is 19.8. The summed E-state index contributed by atoms with van der Waals surface area (Å²) in [6.45, 7) is 0.302. The van der Waals surface area contributed by atoms with E-state index in [0.717, 1.165) is 0 Å². The van der Waals surface area contributed by atoms with Crippen molar-refractivity contribution in [2.45, 2.75) is 19.4 Å². The third-order valence-electron chi connectivity index (χ3n) is 2.46. The first-order valence-electron chi connectivity index (χ1n) is 5.51. The van der Waals surface area contributed by atoms with E-state index in [9.17, 15) is 9.18 Å². The van der Waals surface area contributed by atoms with Crippen LogP contribution < -0.4 is 0 Å². The molecule has 1 N–H and O–H groups in total. The molecule has 1 aromatic heterocycles. The Balaban J connectivity index is 2.21. The van der Waals surface area contributed by atoms with Gasteiger partial charge in [0.25, 0.3) is 0 Å². The van der Waals surface area contributed by atoms with E-state index in [2.05, 4.69) is 15.5 Å². The predicted octanol–water partition coefficient (Wildman–Crippen LogP) is 2.00. The molecule has 1 aromatic carbocycles. The van der Waals surface area contributed by atoms with Gasteiger partial charge in [-0.15, -0.1) is 5.10 Å². The normalized spacial score (nSPS) is 10.6. The number of nitrogens with zero attached hydrogens (tertiary/aromatic N) is 4. The molecule has 2 rings (SSSR count). The molecule has 2 aromatic rings. The lowest BCUT2D eigenvalue weighted by atomic mass is 10.2. The first-order chi connectivity index (χ1) is 9.08. The quantitative estimate of drug-likeness (QED) is 0.908. The zero-order chi connectivity index (χ0) is 13.8. The van der Waals surface area contributed by atoms with E-state index < -0.39 is 11.8 Å². The van der Waals surface area contributed by atoms with E-state index in [1.165, 1.54) is 22.9 Å². The maximum absolute atomic E-state index is 13.8. The molecule has 0 amide bonds. The number of benzene rings is 1. The van der Waals surface area contributed by atoms with Crippen molar-refractivity contribution in [3.63, 3.8) is 0 Å². The van der Waals surface area contributed by atoms with E-state index in [-0.39, 0.29) is 22.8 Å². The summed E-state index contributed by atoms with van der Waals surface area (Å²) < 4.78 is 15.1. The zero-order valence-electron chi connectivity index (χ0n) is 9.75. The summed E-state index contributed by atoms with van der Waals surface area (Å²) in [5.74, 6) is -1.17. The van der Waals surface area contributed by atoms with Crippen LogP contribution in [0.5, 0.6) is 0 Å². The van der Waals surface area contributed by atoms with E-state index >= 15 is 0 Å². The van der Waals surface area contributed by atoms with Crippen molar-refractivity contribution >= 4 is 17.6 Å². The number of rotatable bonds is 5. The molecule has 19 heavy (non-hydrogen) atoms. The molecule has 0 unspecified atom stereocenters. The maximum atomic E-state index is 13.8. The van der Waals surface area contributed by atoms with Crippen LogP contribution in [-0.4, -0.2) is 31.3 Å². The van der Waals surface area contributed by atoms with Crippen LogP contribution in [0, 0.1) is 5.82 Å². The van der Waals surface area contributed by atoms with Gasteiger partial charge in [-0.1, -0.05) is 11.6 Å². The fourth-order valence-electron chi connectivity index (χ4n) is 1.60. The molecule has 1 heterocycles. The Labute approximate surface area is 112 Å². The van der Waals surface area contributed by atoms with E-state index in [1.54, 1.807) is 0 Å². The van der Waals surface area contributed by atoms with Gasteiger partial charge in [-0.05, 0) is 35.0 Å². The van der Waals surface area contributed by atoms with Crippen molar-refractivity contribution in [3.05, 3.63) is 29.0 Å². The number of carbonyl (C=O) groups is 1. The Morgan fingerprint density at radius 1 is 1.47 bits per heavy atom. The van der Waals surface area contributed by atoms with Crippen molar-refractivity contribution in [3.8, 4) is 11.4 Å². The van der Waals surface area contributed by atoms with Crippen molar-refractivity contribution in [2.75, 3.05) is 0 Å². The van der Waals surface area contributed by atoms with Gasteiger partial charge < -0.3 is 5.11 Å². The highest BCUT2D eigenvalue weighted by Crippen LogP contribution is 2.23. The molecule has 0 saturated heterocycles. The van der Waals surface area contributed by atoms with Gasteiger partial charge in [-0.2, -0.15) is 0 Å². The number of hydrogen-bond donors (Lipinski definition) is 1. The molecular formula is C11H10ClFN4O2. The maximum Gasteiger partial charge on any atom is 0.303 e. The highest BCUT2D eigenvalue weighted by molar-refractivity contribution is 6.30. The van der Waals surface area contributed by atoms with Gasteiger partial charge in [0.2, 0.25) is 0 Å². The van der Waals surface area contributed by atoms with E-state index in [1.807, 2.05) is 0 Å². The van der Waals surface area contributed by atoms with Gasteiger partial charge in [0.05, 0.1) is 5.56 Å². The fraction of sp³-hybridized carbons (Fsp3) is 0.273. The van der Waals surface area contributed by atoms with Crippen LogP contribution in [0.1, 0.15) is 12.8 Å². The van der Waals surface area contributed by atoms with Crippen molar-refractivity contribution in [1.82, 2.24) is 20.2 Å². The number of aliphatic carboxylic acids is 1. The number of aryl methyl sites for hydroxylation is 1. The summed E-state index contributed by atoms with van der Waals surface area (Å²) in [6.07, 6.45) is 0.366. The largest absolute Gasteiger partial charge is 0.481 e. The Hall–Kier alpha value is -2.02. The molecule has 0 atom stereocenters. The summed E-state index contributed by atoms with van der Waals surface area (Å²) >= 11 is 5.67. The SMILES string of the molecule is O=C(O)CCCn1nnnc1-c1ccc(Cl)cc1F. The van der Waals surface area contributed by atoms with Crippen molar-refractivity contribution in [1.29, 1.82) is 0 Å². The van der Waals surface area contributed by atoms with Crippen LogP contribution in [0.25, 0.3) is 11.4 Å². The summed E-state index contributed by atoms with van der Waals surface area (Å²) in [6, 6.07) is 4.19. The van der Waals surface area contributed by atoms with Gasteiger partial charge in [0.1, 0.15) is 5.82 Å². The number of aromatic nitrogens is 4. The predicted molar refractivity (Wildman–Crippen MR) is 65.1 cm³/mol. The average Bonchev–Trinajstić information content (AvgIpc) is 2.77. The number of tetrazole rings is 1. The zero-order valence-corrected chi connectivity index (χ0v) is 10.5. The highest BCUT2D eigenvalue weighted by Gasteiger charge is 2.13. The number of hydrogen-bond acceptors (Lipinski definition) is 4. The molecule has 100 valence electrons. The number of carboxylic acids is 1. The van der Waals surface area contributed by atoms with Gasteiger partial charge in [-0.25, -0.2) is 9.07 Å². The molecule has 0 aliphatic rings. The second kappa shape index (κ2) is 5.75. The molecule has 0 spiro atoms. The van der Waals surface area contributed by atoms with Crippen LogP contribution in [0.4, 0.5) is 4.39 Å². The number of carboxylic acid groups (broad SMARTS) is 1. The van der Waals surface area contributed by atoms with Crippen molar-refractivity contribution < 1.29 is 14.3 Å². The van der Waals surface area contributed by atoms with Crippen LogP contribution in [0.15, 0.2) is 18.2 Å². The molecule has 0 saturated carbocycles. The fourth-order valence-corrected chi connectivity index (χ4v) is 1.76. The summed E-state index contributed by atoms with van der Waals surface area (Å²) in [7, 11) is 0. The highest BCUT2D eigenvalue weighted by atomic mass is 35.5. The van der Waals surface area contributed by atoms with Crippen LogP contribution >= 0.6 is 11.6 Å². The minimum absolute atomic E-state index is 0.00238. The molecule has 8 heteroatoms. The minimum Gasteiger partial charge on any atom is -0.481 e. The van der Waals surface area contributed by atoms with Gasteiger partial charge in [0, 0.05) is 18.0 Å². The van der Waals surface area contributed by atoms with Crippen molar-refractivity contribution in [2.24, 2.45) is 0 Å². The van der Waals surface area contributed by atoms with Crippen LogP contribution in [0.2, 0.25) is 5.02 Å². The van der Waals surface area contributed by atoms with Crippen LogP contribution in [0.3, 0.4) is 0 Å². The van der Waals surface area contributed by atoms with Gasteiger partial charge in [0.15, 0.2) is 5.82 Å². The average molecular weight is 285 g/mol. The Kier molecular flexibility index (Phi) is 4.06. The van der Waals surface area contributed by atoms with Gasteiger partial charge >= 0.3 is 5.97 Å². The first-order valence-corrected chi connectivity index (χ1v) is 5.89. The Morgan fingerprint density at radius 2 is 2.26 bits per heavy atom. The Morgan fingerprint density at radius 3 is 2.95 bits per heavy atom. The monoisotopic (exact) mass is 284 g/mol. The van der Waals surface area contributed by atoms with E-state index in [0.29, 0.717) is 13.0 Å². The van der Waals surface area contributed by atoms with Gasteiger partial charge in [-0.3, -0.25) is 4.79 Å². The minimum atomic E-state index is -0.896. The lowest BCUT2D eigenvalue weighted by Gasteiger charge is -2.05. The Bertz CT molecular complexity index is 602. The molecule has 0 aliphatic heterocycles. The third kappa shape index (κ3) is 3.25. The smallest absolute Gasteiger partial charge is 0.303 e. The second-order valence-electron chi connectivity index (χ2n) is 3.85. The number of halogens is 2. The molecule has 0 fully saturated rings. The molecule has 6 nitrogen and oxygen atoms in total. The standard InChI is InChI=1S/C11H10ClFN4O2/c12-7-3-4-8(9(13)6-7)11-14-15-16-17(11)5-1-2-10(18)19/h3-4,6H,1-2,5H2,(H,18,19). The second-order valence-corrected chi connectivity index (χ2v) is 4.28. The molecular weight excluding hydrogens is 275 g/mol. The molecule has 0 radical (unpaired) electrons. The molecule has 0 aliphatic carbocycles. The lowest BCUT2D eigenvalue weighted by Crippen LogP contribution is -2.06.